The Hall–Kier alpha value is -2.62. The van der Waals surface area contributed by atoms with E-state index in [0.717, 1.165) is 16.8 Å². The Labute approximate surface area is 123 Å². The fraction of sp³-hybridized carbons (Fsp3) is 0.176. The summed E-state index contributed by atoms with van der Waals surface area (Å²) in [6.45, 7) is 3.92. The molecule has 2 aromatic carbocycles. The Balaban J connectivity index is 2.31. The highest BCUT2D eigenvalue weighted by Gasteiger charge is 2.17. The maximum atomic E-state index is 12.4. The van der Waals surface area contributed by atoms with E-state index in [-0.39, 0.29) is 11.5 Å². The first-order chi connectivity index (χ1) is 10.0. The lowest BCUT2D eigenvalue weighted by Gasteiger charge is -2.11. The van der Waals surface area contributed by atoms with Crippen molar-refractivity contribution in [2.75, 3.05) is 12.4 Å². The lowest BCUT2D eigenvalue weighted by Crippen LogP contribution is -2.17. The van der Waals surface area contributed by atoms with E-state index in [1.54, 1.807) is 24.3 Å². The van der Waals surface area contributed by atoms with Crippen molar-refractivity contribution >= 4 is 17.6 Å². The second kappa shape index (κ2) is 6.22. The quantitative estimate of drug-likeness (QED) is 0.879. The van der Waals surface area contributed by atoms with E-state index in [4.69, 9.17) is 4.74 Å². The van der Waals surface area contributed by atoms with Crippen LogP contribution in [0.15, 0.2) is 42.5 Å². The lowest BCUT2D eigenvalue weighted by molar-refractivity contribution is 0.0597. The number of aryl methyl sites for hydroxylation is 2. The normalized spacial score (nSPS) is 10.0. The van der Waals surface area contributed by atoms with Crippen LogP contribution < -0.4 is 5.32 Å². The predicted molar refractivity (Wildman–Crippen MR) is 81.7 cm³/mol. The molecule has 108 valence electrons. The van der Waals surface area contributed by atoms with Gasteiger partial charge in [-0.05, 0) is 37.6 Å². The molecule has 0 bridgehead atoms. The van der Waals surface area contributed by atoms with Crippen molar-refractivity contribution < 1.29 is 14.3 Å². The van der Waals surface area contributed by atoms with Gasteiger partial charge >= 0.3 is 5.97 Å². The van der Waals surface area contributed by atoms with Crippen LogP contribution in [-0.4, -0.2) is 19.0 Å². The van der Waals surface area contributed by atoms with Gasteiger partial charge in [-0.25, -0.2) is 4.79 Å². The molecule has 0 heterocycles. The van der Waals surface area contributed by atoms with Crippen LogP contribution in [0.1, 0.15) is 31.8 Å². The molecule has 4 heteroatoms. The maximum Gasteiger partial charge on any atom is 0.338 e. The molecule has 0 aliphatic carbocycles. The Morgan fingerprint density at radius 2 is 1.67 bits per heavy atom. The molecule has 0 unspecified atom stereocenters. The number of rotatable bonds is 3. The molecule has 0 atom stereocenters. The van der Waals surface area contributed by atoms with Crippen LogP contribution in [-0.2, 0) is 4.74 Å². The van der Waals surface area contributed by atoms with E-state index < -0.39 is 5.97 Å². The zero-order valence-electron chi connectivity index (χ0n) is 12.3. The van der Waals surface area contributed by atoms with Crippen molar-refractivity contribution in [1.82, 2.24) is 0 Å². The SMILES string of the molecule is COC(=O)c1ccccc1C(=O)Nc1ccc(C)cc1C. The Kier molecular flexibility index (Phi) is 4.38. The molecule has 0 fully saturated rings. The molecular formula is C17H17NO3. The number of methoxy groups -OCH3 is 1. The summed E-state index contributed by atoms with van der Waals surface area (Å²) in [6, 6.07) is 12.3. The second-order valence-corrected chi connectivity index (χ2v) is 4.81. The van der Waals surface area contributed by atoms with Gasteiger partial charge in [-0.1, -0.05) is 29.8 Å². The highest BCUT2D eigenvalue weighted by molar-refractivity contribution is 6.11. The number of hydrogen-bond acceptors (Lipinski definition) is 3. The van der Waals surface area contributed by atoms with Crippen molar-refractivity contribution in [3.05, 3.63) is 64.7 Å². The van der Waals surface area contributed by atoms with E-state index in [9.17, 15) is 9.59 Å². The van der Waals surface area contributed by atoms with Crippen LogP contribution in [0, 0.1) is 13.8 Å². The maximum absolute atomic E-state index is 12.4. The van der Waals surface area contributed by atoms with Gasteiger partial charge in [-0.15, -0.1) is 0 Å². The number of nitrogens with one attached hydrogen (secondary N) is 1. The number of benzene rings is 2. The van der Waals surface area contributed by atoms with Crippen molar-refractivity contribution in [2.45, 2.75) is 13.8 Å². The summed E-state index contributed by atoms with van der Waals surface area (Å²) >= 11 is 0. The number of hydrogen-bond donors (Lipinski definition) is 1. The molecule has 0 saturated heterocycles. The van der Waals surface area contributed by atoms with E-state index >= 15 is 0 Å². The third-order valence-corrected chi connectivity index (χ3v) is 3.21. The molecule has 0 spiro atoms. The van der Waals surface area contributed by atoms with Crippen LogP contribution in [0.4, 0.5) is 5.69 Å². The highest BCUT2D eigenvalue weighted by Crippen LogP contribution is 2.18. The smallest absolute Gasteiger partial charge is 0.338 e. The highest BCUT2D eigenvalue weighted by atomic mass is 16.5. The van der Waals surface area contributed by atoms with Crippen molar-refractivity contribution in [1.29, 1.82) is 0 Å². The van der Waals surface area contributed by atoms with E-state index in [2.05, 4.69) is 5.32 Å². The molecule has 1 N–H and O–H groups in total. The number of ether oxygens (including phenoxy) is 1. The van der Waals surface area contributed by atoms with E-state index in [1.165, 1.54) is 7.11 Å². The van der Waals surface area contributed by atoms with Gasteiger partial charge in [0, 0.05) is 5.69 Å². The van der Waals surface area contributed by atoms with Gasteiger partial charge in [0.05, 0.1) is 18.2 Å². The summed E-state index contributed by atoms with van der Waals surface area (Å²) in [7, 11) is 1.29. The molecule has 0 radical (unpaired) electrons. The summed E-state index contributed by atoms with van der Waals surface area (Å²) < 4.78 is 4.70. The van der Waals surface area contributed by atoms with E-state index in [1.807, 2.05) is 32.0 Å². The number of esters is 1. The molecule has 0 aliphatic rings. The van der Waals surface area contributed by atoms with Gasteiger partial charge in [-0.2, -0.15) is 0 Å². The number of carbonyl (C=O) groups is 2. The minimum absolute atomic E-state index is 0.252. The van der Waals surface area contributed by atoms with Gasteiger partial charge in [-0.3, -0.25) is 4.79 Å². The van der Waals surface area contributed by atoms with Gasteiger partial charge in [0.2, 0.25) is 0 Å². The van der Waals surface area contributed by atoms with Crippen LogP contribution in [0.2, 0.25) is 0 Å². The molecule has 2 aromatic rings. The van der Waals surface area contributed by atoms with Crippen molar-refractivity contribution in [3.8, 4) is 0 Å². The zero-order valence-corrected chi connectivity index (χ0v) is 12.3. The Morgan fingerprint density at radius 1 is 1.00 bits per heavy atom. The van der Waals surface area contributed by atoms with Crippen LogP contribution >= 0.6 is 0 Å². The summed E-state index contributed by atoms with van der Waals surface area (Å²) in [5.74, 6) is -0.857. The first-order valence-corrected chi connectivity index (χ1v) is 6.59. The zero-order chi connectivity index (χ0) is 15.4. The minimum atomic E-state index is -0.527. The van der Waals surface area contributed by atoms with Gasteiger partial charge in [0.1, 0.15) is 0 Å². The summed E-state index contributed by atoms with van der Waals surface area (Å²) in [5.41, 5.74) is 3.37. The number of anilines is 1. The van der Waals surface area contributed by atoms with Crippen molar-refractivity contribution in [3.63, 3.8) is 0 Å². The van der Waals surface area contributed by atoms with Crippen LogP contribution in [0.3, 0.4) is 0 Å². The Morgan fingerprint density at radius 3 is 2.29 bits per heavy atom. The first kappa shape index (κ1) is 14.8. The lowest BCUT2D eigenvalue weighted by atomic mass is 10.1. The third kappa shape index (κ3) is 3.28. The largest absolute Gasteiger partial charge is 0.465 e. The molecule has 1 amide bonds. The number of carbonyl (C=O) groups excluding carboxylic acids is 2. The monoisotopic (exact) mass is 283 g/mol. The molecule has 0 aliphatic heterocycles. The molecule has 21 heavy (non-hydrogen) atoms. The fourth-order valence-electron chi connectivity index (χ4n) is 2.11. The average molecular weight is 283 g/mol. The third-order valence-electron chi connectivity index (χ3n) is 3.21. The van der Waals surface area contributed by atoms with Gasteiger partial charge in [0.25, 0.3) is 5.91 Å². The van der Waals surface area contributed by atoms with Crippen LogP contribution in [0.25, 0.3) is 0 Å². The molecular weight excluding hydrogens is 266 g/mol. The first-order valence-electron chi connectivity index (χ1n) is 6.59. The number of amides is 1. The van der Waals surface area contributed by atoms with Gasteiger partial charge in [0.15, 0.2) is 0 Å². The topological polar surface area (TPSA) is 55.4 Å². The molecule has 4 nitrogen and oxygen atoms in total. The molecule has 0 saturated carbocycles. The fourth-order valence-corrected chi connectivity index (χ4v) is 2.11. The second-order valence-electron chi connectivity index (χ2n) is 4.81. The van der Waals surface area contributed by atoms with Crippen molar-refractivity contribution in [2.24, 2.45) is 0 Å². The minimum Gasteiger partial charge on any atom is -0.465 e. The Bertz CT molecular complexity index is 692. The average Bonchev–Trinajstić information content (AvgIpc) is 2.49. The molecule has 2 rings (SSSR count). The van der Waals surface area contributed by atoms with Gasteiger partial charge < -0.3 is 10.1 Å². The summed E-state index contributed by atoms with van der Waals surface area (Å²) in [6.07, 6.45) is 0. The summed E-state index contributed by atoms with van der Waals surface area (Å²) in [4.78, 5) is 24.1. The van der Waals surface area contributed by atoms with Crippen LogP contribution in [0.5, 0.6) is 0 Å². The standard InChI is InChI=1S/C17H17NO3/c1-11-8-9-15(12(2)10-11)18-16(19)13-6-4-5-7-14(13)17(20)21-3/h4-10H,1-3H3,(H,18,19). The predicted octanol–water partition coefficient (Wildman–Crippen LogP) is 3.34. The van der Waals surface area contributed by atoms with E-state index in [0.29, 0.717) is 5.56 Å². The summed E-state index contributed by atoms with van der Waals surface area (Å²) in [5, 5.41) is 2.83. The molecule has 0 aromatic heterocycles.